The van der Waals surface area contributed by atoms with Gasteiger partial charge in [-0.1, -0.05) is 12.1 Å². The molecule has 0 bridgehead atoms. The number of hydrogen-bond acceptors (Lipinski definition) is 4. The number of anilines is 3. The molecular formula is C14H14F3N3O. The summed E-state index contributed by atoms with van der Waals surface area (Å²) < 4.78 is 43.5. The Hall–Kier alpha value is -2.44. The molecule has 1 heterocycles. The van der Waals surface area contributed by atoms with Gasteiger partial charge >= 0.3 is 6.18 Å². The Balaban J connectivity index is 2.35. The number of ether oxygens (including phenoxy) is 1. The Labute approximate surface area is 119 Å². The molecule has 112 valence electrons. The Bertz CT molecular complexity index is 629. The summed E-state index contributed by atoms with van der Waals surface area (Å²) in [5.74, 6) is 0.532. The number of aromatic nitrogens is 1. The highest BCUT2D eigenvalue weighted by atomic mass is 19.4. The van der Waals surface area contributed by atoms with Crippen molar-refractivity contribution >= 4 is 17.1 Å². The van der Waals surface area contributed by atoms with Crippen LogP contribution in [0.4, 0.5) is 30.2 Å². The molecule has 0 spiro atoms. The summed E-state index contributed by atoms with van der Waals surface area (Å²) in [6.07, 6.45) is -3.54. The van der Waals surface area contributed by atoms with Crippen LogP contribution in [-0.2, 0) is 6.18 Å². The summed E-state index contributed by atoms with van der Waals surface area (Å²) in [7, 11) is 0. The zero-order chi connectivity index (χ0) is 15.5. The maximum absolute atomic E-state index is 12.7. The number of nitrogen functional groups attached to an aromatic ring is 1. The van der Waals surface area contributed by atoms with E-state index in [9.17, 15) is 13.2 Å². The van der Waals surface area contributed by atoms with Crippen LogP contribution in [0.15, 0.2) is 36.5 Å². The predicted octanol–water partition coefficient (Wildman–Crippen LogP) is 3.82. The summed E-state index contributed by atoms with van der Waals surface area (Å²) in [5.41, 5.74) is 5.45. The van der Waals surface area contributed by atoms with Crippen molar-refractivity contribution in [3.63, 3.8) is 0 Å². The minimum atomic E-state index is -4.52. The summed E-state index contributed by atoms with van der Waals surface area (Å²) in [6.45, 7) is 2.26. The lowest BCUT2D eigenvalue weighted by Gasteiger charge is -2.15. The molecule has 2 rings (SSSR count). The van der Waals surface area contributed by atoms with Crippen LogP contribution in [0, 0.1) is 0 Å². The average molecular weight is 297 g/mol. The lowest BCUT2D eigenvalue weighted by Crippen LogP contribution is -2.10. The Morgan fingerprint density at radius 1 is 1.24 bits per heavy atom. The highest BCUT2D eigenvalue weighted by Crippen LogP contribution is 2.34. The van der Waals surface area contributed by atoms with Gasteiger partial charge in [-0.05, 0) is 25.1 Å². The molecule has 0 fully saturated rings. The monoisotopic (exact) mass is 297 g/mol. The minimum Gasteiger partial charge on any atom is -0.492 e. The van der Waals surface area contributed by atoms with Crippen molar-refractivity contribution in [2.45, 2.75) is 13.1 Å². The van der Waals surface area contributed by atoms with Crippen molar-refractivity contribution in [1.29, 1.82) is 0 Å². The van der Waals surface area contributed by atoms with Crippen LogP contribution < -0.4 is 15.8 Å². The average Bonchev–Trinajstić information content (AvgIpc) is 2.42. The molecular weight excluding hydrogens is 283 g/mol. The maximum atomic E-state index is 12.7. The Kier molecular flexibility index (Phi) is 4.21. The number of halogens is 3. The number of pyridine rings is 1. The molecule has 0 saturated heterocycles. The first-order valence-electron chi connectivity index (χ1n) is 6.23. The molecule has 2 aromatic rings. The standard InChI is InChI=1S/C14H14F3N3O/c1-2-21-12-6-4-3-5-10(12)20-11-7-13(14(15,16)17)19-8-9(11)18/h3-8H,2,18H2,1H3,(H,19,20). The molecule has 4 nitrogen and oxygen atoms in total. The highest BCUT2D eigenvalue weighted by Gasteiger charge is 2.33. The molecule has 0 amide bonds. The zero-order valence-electron chi connectivity index (χ0n) is 11.2. The lowest BCUT2D eigenvalue weighted by molar-refractivity contribution is -0.141. The fraction of sp³-hybridized carbons (Fsp3) is 0.214. The first kappa shape index (κ1) is 15.0. The quantitative estimate of drug-likeness (QED) is 0.900. The summed E-state index contributed by atoms with van der Waals surface area (Å²) in [6, 6.07) is 7.80. The maximum Gasteiger partial charge on any atom is 0.433 e. The first-order chi connectivity index (χ1) is 9.91. The van der Waals surface area contributed by atoms with Crippen molar-refractivity contribution in [3.05, 3.63) is 42.2 Å². The second kappa shape index (κ2) is 5.90. The Morgan fingerprint density at radius 3 is 2.62 bits per heavy atom. The summed E-state index contributed by atoms with van der Waals surface area (Å²) in [4.78, 5) is 3.29. The third-order valence-corrected chi connectivity index (χ3v) is 2.68. The number of hydrogen-bond donors (Lipinski definition) is 2. The van der Waals surface area contributed by atoms with Crippen molar-refractivity contribution < 1.29 is 17.9 Å². The van der Waals surface area contributed by atoms with E-state index in [1.807, 2.05) is 6.92 Å². The fourth-order valence-corrected chi connectivity index (χ4v) is 1.73. The third-order valence-electron chi connectivity index (χ3n) is 2.68. The SMILES string of the molecule is CCOc1ccccc1Nc1cc(C(F)(F)F)ncc1N. The van der Waals surface area contributed by atoms with Gasteiger partial charge in [-0.2, -0.15) is 13.2 Å². The van der Waals surface area contributed by atoms with E-state index in [1.54, 1.807) is 24.3 Å². The van der Waals surface area contributed by atoms with Crippen molar-refractivity contribution in [3.8, 4) is 5.75 Å². The molecule has 1 aromatic carbocycles. The van der Waals surface area contributed by atoms with Crippen molar-refractivity contribution in [1.82, 2.24) is 4.98 Å². The number of nitrogens with one attached hydrogen (secondary N) is 1. The largest absolute Gasteiger partial charge is 0.492 e. The number of rotatable bonds is 4. The van der Waals surface area contributed by atoms with Crippen LogP contribution in [0.1, 0.15) is 12.6 Å². The molecule has 3 N–H and O–H groups in total. The van der Waals surface area contributed by atoms with Gasteiger partial charge in [0.15, 0.2) is 0 Å². The van der Waals surface area contributed by atoms with Gasteiger partial charge in [0.1, 0.15) is 11.4 Å². The van der Waals surface area contributed by atoms with Crippen LogP contribution >= 0.6 is 0 Å². The van der Waals surface area contributed by atoms with Gasteiger partial charge < -0.3 is 15.8 Å². The Morgan fingerprint density at radius 2 is 1.95 bits per heavy atom. The second-order valence-electron chi connectivity index (χ2n) is 4.21. The van der Waals surface area contributed by atoms with E-state index in [0.29, 0.717) is 18.0 Å². The first-order valence-corrected chi connectivity index (χ1v) is 6.23. The van der Waals surface area contributed by atoms with E-state index >= 15 is 0 Å². The molecule has 0 saturated carbocycles. The number of benzene rings is 1. The number of alkyl halides is 3. The van der Waals surface area contributed by atoms with Gasteiger partial charge in [-0.3, -0.25) is 0 Å². The second-order valence-corrected chi connectivity index (χ2v) is 4.21. The van der Waals surface area contributed by atoms with Crippen LogP contribution in [0.5, 0.6) is 5.75 Å². The van der Waals surface area contributed by atoms with Gasteiger partial charge in [0, 0.05) is 0 Å². The van der Waals surface area contributed by atoms with Crippen molar-refractivity contribution in [2.75, 3.05) is 17.7 Å². The van der Waals surface area contributed by atoms with E-state index in [0.717, 1.165) is 12.3 Å². The van der Waals surface area contributed by atoms with Crippen LogP contribution in [0.2, 0.25) is 0 Å². The molecule has 0 aliphatic rings. The van der Waals surface area contributed by atoms with Crippen LogP contribution in [0.25, 0.3) is 0 Å². The number of nitrogens with zero attached hydrogens (tertiary/aromatic N) is 1. The van der Waals surface area contributed by atoms with Gasteiger partial charge in [0.2, 0.25) is 0 Å². The van der Waals surface area contributed by atoms with Crippen molar-refractivity contribution in [2.24, 2.45) is 0 Å². The van der Waals surface area contributed by atoms with E-state index in [2.05, 4.69) is 10.3 Å². The number of nitrogens with two attached hydrogens (primary N) is 1. The number of para-hydroxylation sites is 2. The van der Waals surface area contributed by atoms with Crippen LogP contribution in [-0.4, -0.2) is 11.6 Å². The fourth-order valence-electron chi connectivity index (χ4n) is 1.73. The lowest BCUT2D eigenvalue weighted by atomic mass is 10.2. The molecule has 7 heteroatoms. The topological polar surface area (TPSA) is 60.2 Å². The molecule has 0 radical (unpaired) electrons. The zero-order valence-corrected chi connectivity index (χ0v) is 11.2. The van der Waals surface area contributed by atoms with E-state index in [4.69, 9.17) is 10.5 Å². The normalized spacial score (nSPS) is 11.2. The molecule has 0 aliphatic heterocycles. The van der Waals surface area contributed by atoms with E-state index < -0.39 is 11.9 Å². The molecule has 1 aromatic heterocycles. The third kappa shape index (κ3) is 3.56. The van der Waals surface area contributed by atoms with E-state index in [-0.39, 0.29) is 11.4 Å². The van der Waals surface area contributed by atoms with Gasteiger partial charge in [-0.15, -0.1) is 0 Å². The molecule has 0 aliphatic carbocycles. The summed E-state index contributed by atoms with van der Waals surface area (Å²) in [5, 5.41) is 2.85. The van der Waals surface area contributed by atoms with Gasteiger partial charge in [0.05, 0.1) is 29.9 Å². The predicted molar refractivity (Wildman–Crippen MR) is 74.5 cm³/mol. The smallest absolute Gasteiger partial charge is 0.433 e. The summed E-state index contributed by atoms with van der Waals surface area (Å²) >= 11 is 0. The molecule has 21 heavy (non-hydrogen) atoms. The molecule has 0 unspecified atom stereocenters. The van der Waals surface area contributed by atoms with E-state index in [1.165, 1.54) is 0 Å². The van der Waals surface area contributed by atoms with Gasteiger partial charge in [0.25, 0.3) is 0 Å². The van der Waals surface area contributed by atoms with Crippen LogP contribution in [0.3, 0.4) is 0 Å². The molecule has 0 atom stereocenters. The van der Waals surface area contributed by atoms with Gasteiger partial charge in [-0.25, -0.2) is 4.98 Å². The minimum absolute atomic E-state index is 0.120. The highest BCUT2D eigenvalue weighted by molar-refractivity contribution is 5.75.